The molecule has 0 fully saturated rings. The number of rotatable bonds is 6. The van der Waals surface area contributed by atoms with Gasteiger partial charge in [0.1, 0.15) is 12.4 Å². The van der Waals surface area contributed by atoms with Crippen LogP contribution in [0.1, 0.15) is 18.5 Å². The predicted molar refractivity (Wildman–Crippen MR) is 89.4 cm³/mol. The molecule has 1 aliphatic heterocycles. The molecule has 6 nitrogen and oxygen atoms in total. The number of methoxy groups -OCH3 is 1. The van der Waals surface area contributed by atoms with Crippen LogP contribution < -0.4 is 15.4 Å². The lowest BCUT2D eigenvalue weighted by atomic mass is 9.95. The Balaban J connectivity index is 2.36. The molecule has 23 heavy (non-hydrogen) atoms. The van der Waals surface area contributed by atoms with Crippen molar-refractivity contribution in [2.75, 3.05) is 25.7 Å². The molecule has 7 heteroatoms. The molecule has 2 rings (SSSR count). The molecule has 1 aromatic rings. The topological polar surface area (TPSA) is 76.7 Å². The fourth-order valence-electron chi connectivity index (χ4n) is 2.40. The molecule has 0 spiro atoms. The van der Waals surface area contributed by atoms with Crippen LogP contribution in [0.3, 0.4) is 0 Å². The molecule has 0 aromatic heterocycles. The van der Waals surface area contributed by atoms with Gasteiger partial charge in [0.25, 0.3) is 0 Å². The van der Waals surface area contributed by atoms with Gasteiger partial charge in [-0.2, -0.15) is 11.8 Å². The number of urea groups is 1. The molecule has 1 aromatic carbocycles. The van der Waals surface area contributed by atoms with Gasteiger partial charge in [-0.25, -0.2) is 9.59 Å². The zero-order chi connectivity index (χ0) is 16.8. The molecule has 0 saturated carbocycles. The first kappa shape index (κ1) is 17.2. The van der Waals surface area contributed by atoms with Gasteiger partial charge in [0.15, 0.2) is 0 Å². The lowest BCUT2D eigenvalue weighted by Crippen LogP contribution is -2.45. The Morgan fingerprint density at radius 1 is 1.35 bits per heavy atom. The van der Waals surface area contributed by atoms with Crippen molar-refractivity contribution in [3.8, 4) is 5.75 Å². The highest BCUT2D eigenvalue weighted by molar-refractivity contribution is 7.98. The van der Waals surface area contributed by atoms with Crippen LogP contribution in [0.4, 0.5) is 4.79 Å². The number of para-hydroxylation sites is 1. The van der Waals surface area contributed by atoms with E-state index in [0.717, 1.165) is 5.75 Å². The molecule has 124 valence electrons. The Bertz CT molecular complexity index is 630. The van der Waals surface area contributed by atoms with E-state index in [1.165, 1.54) is 0 Å². The average molecular weight is 336 g/mol. The number of carbonyl (C=O) groups excluding carboxylic acids is 2. The molecule has 0 radical (unpaired) electrons. The van der Waals surface area contributed by atoms with Crippen LogP contribution in [0, 0.1) is 0 Å². The highest BCUT2D eigenvalue weighted by atomic mass is 32.2. The number of amides is 2. The van der Waals surface area contributed by atoms with Gasteiger partial charge < -0.3 is 20.1 Å². The van der Waals surface area contributed by atoms with Gasteiger partial charge in [0, 0.05) is 17.0 Å². The second kappa shape index (κ2) is 7.92. The summed E-state index contributed by atoms with van der Waals surface area (Å²) in [7, 11) is 1.55. The van der Waals surface area contributed by atoms with E-state index in [-0.39, 0.29) is 6.03 Å². The molecular formula is C16H20N2O4S. The first-order valence-corrected chi connectivity index (χ1v) is 8.55. The maximum atomic E-state index is 12.5. The monoisotopic (exact) mass is 336 g/mol. The van der Waals surface area contributed by atoms with E-state index in [4.69, 9.17) is 9.47 Å². The first-order valence-electron chi connectivity index (χ1n) is 7.15. The third-order valence-corrected chi connectivity index (χ3v) is 4.03. The lowest BCUT2D eigenvalue weighted by Gasteiger charge is -2.29. The van der Waals surface area contributed by atoms with E-state index in [9.17, 15) is 9.59 Å². The highest BCUT2D eigenvalue weighted by Crippen LogP contribution is 2.33. The summed E-state index contributed by atoms with van der Waals surface area (Å²) in [6.45, 7) is 2.01. The number of esters is 1. The Morgan fingerprint density at radius 3 is 2.78 bits per heavy atom. The number of nitrogens with one attached hydrogen (secondary N) is 2. The van der Waals surface area contributed by atoms with Gasteiger partial charge in [-0.1, -0.05) is 18.2 Å². The van der Waals surface area contributed by atoms with Crippen molar-refractivity contribution in [1.82, 2.24) is 10.6 Å². The fourth-order valence-corrected chi connectivity index (χ4v) is 2.65. The van der Waals surface area contributed by atoms with Crippen LogP contribution in [0.15, 0.2) is 35.5 Å². The minimum atomic E-state index is -0.610. The second-order valence-electron chi connectivity index (χ2n) is 4.94. The van der Waals surface area contributed by atoms with E-state index in [1.807, 2.05) is 24.5 Å². The quantitative estimate of drug-likeness (QED) is 0.615. The molecule has 0 bridgehead atoms. The lowest BCUT2D eigenvalue weighted by molar-refractivity contribution is -0.138. The number of hydrogen-bond acceptors (Lipinski definition) is 5. The predicted octanol–water partition coefficient (Wildman–Crippen LogP) is 2.23. The van der Waals surface area contributed by atoms with Gasteiger partial charge in [-0.05, 0) is 19.2 Å². The summed E-state index contributed by atoms with van der Waals surface area (Å²) in [5.41, 5.74) is 1.58. The van der Waals surface area contributed by atoms with Gasteiger partial charge in [0.2, 0.25) is 0 Å². The van der Waals surface area contributed by atoms with Crippen LogP contribution in [0.2, 0.25) is 0 Å². The third-order valence-electron chi connectivity index (χ3n) is 3.46. The van der Waals surface area contributed by atoms with Crippen LogP contribution in [-0.4, -0.2) is 37.7 Å². The fraction of sp³-hybridized carbons (Fsp3) is 0.375. The molecular weight excluding hydrogens is 316 g/mol. The number of carbonyl (C=O) groups is 2. The Hall–Kier alpha value is -2.15. The molecule has 2 N–H and O–H groups in total. The van der Waals surface area contributed by atoms with Gasteiger partial charge in [-0.15, -0.1) is 0 Å². The van der Waals surface area contributed by atoms with Crippen molar-refractivity contribution in [3.05, 3.63) is 41.1 Å². The minimum absolute atomic E-state index is 0.323. The van der Waals surface area contributed by atoms with E-state index in [2.05, 4.69) is 10.6 Å². The molecule has 1 aliphatic rings. The van der Waals surface area contributed by atoms with Crippen LogP contribution in [-0.2, 0) is 9.53 Å². The summed E-state index contributed by atoms with van der Waals surface area (Å²) in [5, 5.41) is 5.39. The van der Waals surface area contributed by atoms with Crippen LogP contribution >= 0.6 is 11.8 Å². The number of benzene rings is 1. The van der Waals surface area contributed by atoms with Crippen molar-refractivity contribution < 1.29 is 19.1 Å². The maximum absolute atomic E-state index is 12.5. The summed E-state index contributed by atoms with van der Waals surface area (Å²) in [6.07, 6.45) is 1.94. The van der Waals surface area contributed by atoms with Crippen molar-refractivity contribution in [1.29, 1.82) is 0 Å². The Labute approximate surface area is 139 Å². The van der Waals surface area contributed by atoms with Crippen molar-refractivity contribution in [2.24, 2.45) is 0 Å². The van der Waals surface area contributed by atoms with Crippen LogP contribution in [0.5, 0.6) is 5.75 Å². The molecule has 0 aliphatic carbocycles. The molecule has 0 saturated heterocycles. The zero-order valence-electron chi connectivity index (χ0n) is 13.3. The zero-order valence-corrected chi connectivity index (χ0v) is 14.2. The van der Waals surface area contributed by atoms with Gasteiger partial charge in [0.05, 0.1) is 18.7 Å². The molecule has 1 unspecified atom stereocenters. The molecule has 1 atom stereocenters. The van der Waals surface area contributed by atoms with Crippen LogP contribution in [0.25, 0.3) is 0 Å². The summed E-state index contributed by atoms with van der Waals surface area (Å²) in [5.74, 6) is 0.874. The molecule has 2 amide bonds. The number of ether oxygens (including phenoxy) is 2. The number of allylic oxidation sites excluding steroid dienone is 1. The normalized spacial score (nSPS) is 17.3. The van der Waals surface area contributed by atoms with Crippen molar-refractivity contribution >= 4 is 23.8 Å². The number of thioether (sulfide) groups is 1. The minimum Gasteiger partial charge on any atom is -0.496 e. The maximum Gasteiger partial charge on any atom is 0.338 e. The summed E-state index contributed by atoms with van der Waals surface area (Å²) in [4.78, 5) is 24.3. The van der Waals surface area contributed by atoms with E-state index in [0.29, 0.717) is 29.2 Å². The SMILES string of the molecule is COc1ccccc1C1NC(=O)NC(C)=C1C(=O)OCCSC. The Morgan fingerprint density at radius 2 is 2.09 bits per heavy atom. The summed E-state index contributed by atoms with van der Waals surface area (Å²) in [6, 6.07) is 6.30. The second-order valence-corrected chi connectivity index (χ2v) is 5.93. The van der Waals surface area contributed by atoms with E-state index in [1.54, 1.807) is 31.9 Å². The Kier molecular flexibility index (Phi) is 5.92. The van der Waals surface area contributed by atoms with Gasteiger partial charge in [-0.3, -0.25) is 0 Å². The average Bonchev–Trinajstić information content (AvgIpc) is 2.54. The smallest absolute Gasteiger partial charge is 0.338 e. The number of hydrogen-bond donors (Lipinski definition) is 2. The van der Waals surface area contributed by atoms with E-state index < -0.39 is 12.0 Å². The standard InChI is InChI=1S/C16H20N2O4S/c1-10-13(15(19)22-8-9-23-3)14(18-16(20)17-10)11-6-4-5-7-12(11)21-2/h4-7,14H,8-9H2,1-3H3,(H2,17,18,20). The third kappa shape index (κ3) is 3.98. The first-order chi connectivity index (χ1) is 11.1. The van der Waals surface area contributed by atoms with Crippen molar-refractivity contribution in [3.63, 3.8) is 0 Å². The largest absolute Gasteiger partial charge is 0.496 e. The van der Waals surface area contributed by atoms with Gasteiger partial charge >= 0.3 is 12.0 Å². The van der Waals surface area contributed by atoms with Crippen molar-refractivity contribution in [2.45, 2.75) is 13.0 Å². The highest BCUT2D eigenvalue weighted by Gasteiger charge is 2.33. The summed E-state index contributed by atoms with van der Waals surface area (Å²) >= 11 is 1.60. The van der Waals surface area contributed by atoms with E-state index >= 15 is 0 Å². The molecule has 1 heterocycles. The summed E-state index contributed by atoms with van der Waals surface area (Å²) < 4.78 is 10.6.